The van der Waals surface area contributed by atoms with Gasteiger partial charge in [-0.3, -0.25) is 9.10 Å². The van der Waals surface area contributed by atoms with Gasteiger partial charge in [-0.15, -0.1) is 0 Å². The molecule has 180 valence electrons. The molecular formula is C26H30N2O5S. The van der Waals surface area contributed by atoms with Crippen molar-refractivity contribution in [3.05, 3.63) is 83.4 Å². The zero-order valence-corrected chi connectivity index (χ0v) is 20.8. The average Bonchev–Trinajstić information content (AvgIpc) is 2.83. The molecule has 1 atom stereocenters. The van der Waals surface area contributed by atoms with Gasteiger partial charge in [0.1, 0.15) is 11.5 Å². The quantitative estimate of drug-likeness (QED) is 0.477. The number of carbonyl (C=O) groups is 1. The van der Waals surface area contributed by atoms with E-state index < -0.39 is 10.0 Å². The fourth-order valence-corrected chi connectivity index (χ4v) is 4.81. The molecule has 0 saturated carbocycles. The summed E-state index contributed by atoms with van der Waals surface area (Å²) in [6, 6.07) is 18.6. The molecule has 0 spiro atoms. The van der Waals surface area contributed by atoms with E-state index in [1.54, 1.807) is 37.3 Å². The number of hydrogen-bond donors (Lipinski definition) is 1. The van der Waals surface area contributed by atoms with Gasteiger partial charge in [0.2, 0.25) is 0 Å². The van der Waals surface area contributed by atoms with Crippen molar-refractivity contribution >= 4 is 21.6 Å². The monoisotopic (exact) mass is 482 g/mol. The predicted molar refractivity (Wildman–Crippen MR) is 133 cm³/mol. The first kappa shape index (κ1) is 25.1. The van der Waals surface area contributed by atoms with Crippen LogP contribution in [-0.2, 0) is 10.0 Å². The molecule has 34 heavy (non-hydrogen) atoms. The Hall–Kier alpha value is -3.52. The number of amides is 1. The Balaban J connectivity index is 1.88. The van der Waals surface area contributed by atoms with Crippen LogP contribution in [0.5, 0.6) is 11.5 Å². The van der Waals surface area contributed by atoms with Crippen molar-refractivity contribution in [2.45, 2.75) is 31.7 Å². The van der Waals surface area contributed by atoms with Crippen LogP contribution in [0.2, 0.25) is 0 Å². The minimum absolute atomic E-state index is 0.0163. The van der Waals surface area contributed by atoms with Gasteiger partial charge >= 0.3 is 0 Å². The molecule has 8 heteroatoms. The summed E-state index contributed by atoms with van der Waals surface area (Å²) in [7, 11) is -0.990. The summed E-state index contributed by atoms with van der Waals surface area (Å²) < 4.78 is 38.7. The van der Waals surface area contributed by atoms with E-state index in [2.05, 4.69) is 5.32 Å². The Morgan fingerprint density at radius 3 is 2.50 bits per heavy atom. The molecule has 0 aliphatic heterocycles. The number of anilines is 1. The summed E-state index contributed by atoms with van der Waals surface area (Å²) in [6.07, 6.45) is 0. The standard InChI is InChI=1S/C26H30N2O5S/c1-6-33-21-11-9-10-20(16-21)19(3)27-26(29)23-17-22(15-14-18(23)2)34(30,31)28(4)24-12-7-8-13-25(24)32-5/h7-17,19H,6H2,1-5H3,(H,27,29). The van der Waals surface area contributed by atoms with E-state index in [1.807, 2.05) is 38.1 Å². The lowest BCUT2D eigenvalue weighted by Crippen LogP contribution is -2.29. The SMILES string of the molecule is CCOc1cccc(C(C)NC(=O)c2cc(S(=O)(=O)N(C)c3ccccc3OC)ccc2C)c1. The normalized spacial score (nSPS) is 12.0. The maximum Gasteiger partial charge on any atom is 0.264 e. The van der Waals surface area contributed by atoms with Gasteiger partial charge in [0, 0.05) is 12.6 Å². The minimum atomic E-state index is -3.93. The first-order valence-electron chi connectivity index (χ1n) is 10.9. The Morgan fingerprint density at radius 2 is 1.79 bits per heavy atom. The van der Waals surface area contributed by atoms with Crippen molar-refractivity contribution in [3.8, 4) is 11.5 Å². The van der Waals surface area contributed by atoms with Crippen molar-refractivity contribution in [2.24, 2.45) is 0 Å². The van der Waals surface area contributed by atoms with Gasteiger partial charge in [-0.1, -0.05) is 30.3 Å². The third kappa shape index (κ3) is 5.34. The summed E-state index contributed by atoms with van der Waals surface area (Å²) in [5, 5.41) is 2.96. The van der Waals surface area contributed by atoms with Crippen molar-refractivity contribution in [1.29, 1.82) is 0 Å². The molecule has 0 saturated heterocycles. The highest BCUT2D eigenvalue weighted by Crippen LogP contribution is 2.31. The summed E-state index contributed by atoms with van der Waals surface area (Å²) in [4.78, 5) is 13.1. The van der Waals surface area contributed by atoms with E-state index in [1.165, 1.54) is 26.3 Å². The molecule has 0 fully saturated rings. The molecule has 0 bridgehead atoms. The average molecular weight is 483 g/mol. The second kappa shape index (κ2) is 10.6. The maximum absolute atomic E-state index is 13.4. The van der Waals surface area contributed by atoms with E-state index in [0.717, 1.165) is 15.6 Å². The Labute approximate surface area is 201 Å². The second-order valence-electron chi connectivity index (χ2n) is 7.82. The van der Waals surface area contributed by atoms with Crippen LogP contribution in [0.15, 0.2) is 71.6 Å². The van der Waals surface area contributed by atoms with Gasteiger partial charge < -0.3 is 14.8 Å². The molecule has 1 amide bonds. The van der Waals surface area contributed by atoms with E-state index in [4.69, 9.17) is 9.47 Å². The Bertz CT molecular complexity index is 1270. The van der Waals surface area contributed by atoms with Crippen molar-refractivity contribution in [1.82, 2.24) is 5.32 Å². The van der Waals surface area contributed by atoms with Crippen molar-refractivity contribution in [3.63, 3.8) is 0 Å². The number of nitrogens with zero attached hydrogens (tertiary/aromatic N) is 1. The summed E-state index contributed by atoms with van der Waals surface area (Å²) in [5.74, 6) is 0.801. The molecule has 3 aromatic carbocycles. The summed E-state index contributed by atoms with van der Waals surface area (Å²) >= 11 is 0. The summed E-state index contributed by atoms with van der Waals surface area (Å²) in [6.45, 7) is 6.10. The van der Waals surface area contributed by atoms with Gasteiger partial charge in [-0.05, 0) is 68.3 Å². The lowest BCUT2D eigenvalue weighted by atomic mass is 10.1. The molecule has 1 unspecified atom stereocenters. The molecule has 1 N–H and O–H groups in total. The number of rotatable bonds is 9. The van der Waals surface area contributed by atoms with Crippen LogP contribution in [0, 0.1) is 6.92 Å². The van der Waals surface area contributed by atoms with Gasteiger partial charge in [0.05, 0.1) is 30.3 Å². The number of hydrogen-bond acceptors (Lipinski definition) is 5. The molecule has 0 radical (unpaired) electrons. The van der Waals surface area contributed by atoms with Gasteiger partial charge in [-0.2, -0.15) is 0 Å². The zero-order chi connectivity index (χ0) is 24.9. The lowest BCUT2D eigenvalue weighted by Gasteiger charge is -2.22. The highest BCUT2D eigenvalue weighted by molar-refractivity contribution is 7.92. The zero-order valence-electron chi connectivity index (χ0n) is 20.0. The van der Waals surface area contributed by atoms with Crippen LogP contribution < -0.4 is 19.1 Å². The second-order valence-corrected chi connectivity index (χ2v) is 9.79. The predicted octanol–water partition coefficient (Wildman–Crippen LogP) is 4.72. The Kier molecular flexibility index (Phi) is 7.83. The van der Waals surface area contributed by atoms with Crippen LogP contribution in [0.1, 0.15) is 41.4 Å². The minimum Gasteiger partial charge on any atom is -0.495 e. The van der Waals surface area contributed by atoms with Crippen LogP contribution in [0.4, 0.5) is 5.69 Å². The van der Waals surface area contributed by atoms with E-state index in [0.29, 0.717) is 29.2 Å². The largest absolute Gasteiger partial charge is 0.495 e. The number of para-hydroxylation sites is 2. The first-order valence-corrected chi connectivity index (χ1v) is 12.4. The highest BCUT2D eigenvalue weighted by atomic mass is 32.2. The molecular weight excluding hydrogens is 452 g/mol. The Morgan fingerprint density at radius 1 is 1.06 bits per heavy atom. The first-order chi connectivity index (χ1) is 16.2. The molecule has 3 rings (SSSR count). The number of methoxy groups -OCH3 is 1. The highest BCUT2D eigenvalue weighted by Gasteiger charge is 2.25. The van der Waals surface area contributed by atoms with Gasteiger partial charge in [-0.25, -0.2) is 8.42 Å². The number of carbonyl (C=O) groups excluding carboxylic acids is 1. The van der Waals surface area contributed by atoms with Gasteiger partial charge in [0.15, 0.2) is 0 Å². The van der Waals surface area contributed by atoms with Gasteiger partial charge in [0.25, 0.3) is 15.9 Å². The number of ether oxygens (including phenoxy) is 2. The van der Waals surface area contributed by atoms with Crippen LogP contribution in [0.25, 0.3) is 0 Å². The van der Waals surface area contributed by atoms with E-state index >= 15 is 0 Å². The third-order valence-corrected chi connectivity index (χ3v) is 7.32. The maximum atomic E-state index is 13.4. The van der Waals surface area contributed by atoms with Crippen molar-refractivity contribution in [2.75, 3.05) is 25.1 Å². The fourth-order valence-electron chi connectivity index (χ4n) is 3.58. The molecule has 3 aromatic rings. The topological polar surface area (TPSA) is 84.9 Å². The molecule has 0 aromatic heterocycles. The number of sulfonamides is 1. The molecule has 0 aliphatic rings. The lowest BCUT2D eigenvalue weighted by molar-refractivity contribution is 0.0939. The van der Waals surface area contributed by atoms with E-state index in [-0.39, 0.29) is 16.8 Å². The molecule has 0 heterocycles. The third-order valence-electron chi connectivity index (χ3n) is 5.55. The number of aryl methyl sites for hydroxylation is 1. The fraction of sp³-hybridized carbons (Fsp3) is 0.269. The van der Waals surface area contributed by atoms with E-state index in [9.17, 15) is 13.2 Å². The van der Waals surface area contributed by atoms with Crippen LogP contribution in [-0.4, -0.2) is 35.1 Å². The molecule has 0 aliphatic carbocycles. The smallest absolute Gasteiger partial charge is 0.264 e. The van der Waals surface area contributed by atoms with Crippen molar-refractivity contribution < 1.29 is 22.7 Å². The number of nitrogens with one attached hydrogen (secondary N) is 1. The molecule has 7 nitrogen and oxygen atoms in total. The van der Waals surface area contributed by atoms with Crippen LogP contribution >= 0.6 is 0 Å². The summed E-state index contributed by atoms with van der Waals surface area (Å²) in [5.41, 5.74) is 2.25. The number of benzene rings is 3. The van der Waals surface area contributed by atoms with Crippen LogP contribution in [0.3, 0.4) is 0 Å².